The van der Waals surface area contributed by atoms with Crippen LogP contribution in [0.25, 0.3) is 10.9 Å². The lowest BCUT2D eigenvalue weighted by Gasteiger charge is -2.10. The van der Waals surface area contributed by atoms with E-state index in [9.17, 15) is 0 Å². The molecule has 0 radical (unpaired) electrons. The maximum absolute atomic E-state index is 6.08. The van der Waals surface area contributed by atoms with E-state index < -0.39 is 0 Å². The Morgan fingerprint density at radius 1 is 1.00 bits per heavy atom. The van der Waals surface area contributed by atoms with E-state index in [1.807, 2.05) is 0 Å². The van der Waals surface area contributed by atoms with E-state index in [0.29, 0.717) is 0 Å². The topological polar surface area (TPSA) is 30.9 Å². The van der Waals surface area contributed by atoms with Crippen molar-refractivity contribution in [3.8, 4) is 0 Å². The van der Waals surface area contributed by atoms with E-state index in [4.69, 9.17) is 5.73 Å². The van der Waals surface area contributed by atoms with Crippen LogP contribution in [0.5, 0.6) is 0 Å². The van der Waals surface area contributed by atoms with Gasteiger partial charge in [-0.3, -0.25) is 0 Å². The predicted octanol–water partition coefficient (Wildman–Crippen LogP) is 3.97. The highest BCUT2D eigenvalue weighted by atomic mass is 14.9. The third-order valence-electron chi connectivity index (χ3n) is 4.06. The van der Waals surface area contributed by atoms with Gasteiger partial charge in [-0.1, -0.05) is 49.4 Å². The summed E-state index contributed by atoms with van der Waals surface area (Å²) in [5.74, 6) is 0. The molecule has 0 bridgehead atoms. The minimum absolute atomic E-state index is 0.250. The molecule has 1 heterocycles. The Hall–Kier alpha value is -2.06. The third-order valence-corrected chi connectivity index (χ3v) is 4.06. The maximum atomic E-state index is 6.08. The Morgan fingerprint density at radius 2 is 1.81 bits per heavy atom. The van der Waals surface area contributed by atoms with E-state index in [0.717, 1.165) is 19.4 Å². The lowest BCUT2D eigenvalue weighted by atomic mass is 10.0. The summed E-state index contributed by atoms with van der Waals surface area (Å²) >= 11 is 0. The fourth-order valence-corrected chi connectivity index (χ4v) is 2.72. The van der Waals surface area contributed by atoms with Crippen molar-refractivity contribution in [2.24, 2.45) is 5.73 Å². The van der Waals surface area contributed by atoms with Gasteiger partial charge in [-0.25, -0.2) is 0 Å². The minimum atomic E-state index is 0.250. The Balaban J connectivity index is 1.90. The van der Waals surface area contributed by atoms with Crippen molar-refractivity contribution in [1.82, 2.24) is 4.57 Å². The number of nitrogens with zero attached hydrogens (tertiary/aromatic N) is 1. The molecule has 0 saturated heterocycles. The average molecular weight is 278 g/mol. The number of hydrogen-bond donors (Lipinski definition) is 1. The molecule has 3 rings (SSSR count). The fraction of sp³-hybridized carbons (Fsp3) is 0.263. The van der Waals surface area contributed by atoms with E-state index in [2.05, 4.69) is 72.3 Å². The van der Waals surface area contributed by atoms with Crippen LogP contribution in [0.1, 0.15) is 24.5 Å². The van der Waals surface area contributed by atoms with Gasteiger partial charge in [-0.2, -0.15) is 0 Å². The Bertz CT molecular complexity index is 713. The summed E-state index contributed by atoms with van der Waals surface area (Å²) in [6.45, 7) is 3.05. The number of rotatable bonds is 5. The highest BCUT2D eigenvalue weighted by Crippen LogP contribution is 2.20. The van der Waals surface area contributed by atoms with Gasteiger partial charge in [0.1, 0.15) is 0 Å². The first-order valence-electron chi connectivity index (χ1n) is 7.63. The van der Waals surface area contributed by atoms with Crippen molar-refractivity contribution >= 4 is 10.9 Å². The summed E-state index contributed by atoms with van der Waals surface area (Å²) < 4.78 is 2.31. The molecule has 1 unspecified atom stereocenters. The molecule has 0 aliphatic heterocycles. The molecule has 0 aliphatic carbocycles. The van der Waals surface area contributed by atoms with Gasteiger partial charge in [0.15, 0.2) is 0 Å². The van der Waals surface area contributed by atoms with Crippen molar-refractivity contribution in [3.05, 3.63) is 71.9 Å². The standard InChI is InChI=1S/C19H22N2/c1-2-18(20)12-16-8-9-17-10-11-21(19(17)13-16)14-15-6-4-3-5-7-15/h3-11,13,18H,2,12,14,20H2,1H3. The van der Waals surface area contributed by atoms with Gasteiger partial charge >= 0.3 is 0 Å². The van der Waals surface area contributed by atoms with Crippen molar-refractivity contribution < 1.29 is 0 Å². The van der Waals surface area contributed by atoms with Crippen LogP contribution >= 0.6 is 0 Å². The molecule has 21 heavy (non-hydrogen) atoms. The molecule has 0 amide bonds. The first-order valence-corrected chi connectivity index (χ1v) is 7.63. The molecule has 3 aromatic rings. The summed E-state index contributed by atoms with van der Waals surface area (Å²) in [7, 11) is 0. The van der Waals surface area contributed by atoms with E-state index >= 15 is 0 Å². The van der Waals surface area contributed by atoms with Gasteiger partial charge in [0.2, 0.25) is 0 Å². The molecular formula is C19H22N2. The van der Waals surface area contributed by atoms with Gasteiger partial charge in [0.05, 0.1) is 0 Å². The summed E-state index contributed by atoms with van der Waals surface area (Å²) in [5.41, 5.74) is 10.0. The molecule has 0 fully saturated rings. The van der Waals surface area contributed by atoms with Crippen molar-refractivity contribution in [3.63, 3.8) is 0 Å². The molecule has 0 spiro atoms. The number of aromatic nitrogens is 1. The third kappa shape index (κ3) is 3.17. The van der Waals surface area contributed by atoms with Gasteiger partial charge in [-0.15, -0.1) is 0 Å². The van der Waals surface area contributed by atoms with Gasteiger partial charge in [0, 0.05) is 24.3 Å². The molecule has 0 saturated carbocycles. The highest BCUT2D eigenvalue weighted by Gasteiger charge is 2.06. The van der Waals surface area contributed by atoms with Crippen LogP contribution in [0.3, 0.4) is 0 Å². The zero-order valence-electron chi connectivity index (χ0n) is 12.5. The number of hydrogen-bond acceptors (Lipinski definition) is 1. The van der Waals surface area contributed by atoms with Crippen LogP contribution in [-0.2, 0) is 13.0 Å². The predicted molar refractivity (Wildman–Crippen MR) is 89.5 cm³/mol. The van der Waals surface area contributed by atoms with E-state index in [1.54, 1.807) is 0 Å². The quantitative estimate of drug-likeness (QED) is 0.752. The molecule has 1 aromatic heterocycles. The lowest BCUT2D eigenvalue weighted by molar-refractivity contribution is 0.646. The zero-order valence-corrected chi connectivity index (χ0v) is 12.5. The van der Waals surface area contributed by atoms with Gasteiger partial charge < -0.3 is 10.3 Å². The molecule has 2 aromatic carbocycles. The van der Waals surface area contributed by atoms with Crippen LogP contribution in [0.4, 0.5) is 0 Å². The normalized spacial score (nSPS) is 12.7. The molecular weight excluding hydrogens is 256 g/mol. The van der Waals surface area contributed by atoms with Crippen molar-refractivity contribution in [1.29, 1.82) is 0 Å². The van der Waals surface area contributed by atoms with Crippen LogP contribution in [-0.4, -0.2) is 10.6 Å². The maximum Gasteiger partial charge on any atom is 0.0486 e. The van der Waals surface area contributed by atoms with Gasteiger partial charge in [0.25, 0.3) is 0 Å². The zero-order chi connectivity index (χ0) is 14.7. The number of benzene rings is 2. The summed E-state index contributed by atoms with van der Waals surface area (Å²) in [5, 5.41) is 1.29. The first-order chi connectivity index (χ1) is 10.3. The summed E-state index contributed by atoms with van der Waals surface area (Å²) in [6, 6.07) is 19.7. The van der Waals surface area contributed by atoms with Crippen LogP contribution < -0.4 is 5.73 Å². The van der Waals surface area contributed by atoms with Crippen molar-refractivity contribution in [2.75, 3.05) is 0 Å². The monoisotopic (exact) mass is 278 g/mol. The van der Waals surface area contributed by atoms with Crippen molar-refractivity contribution in [2.45, 2.75) is 32.4 Å². The number of nitrogens with two attached hydrogens (primary N) is 1. The Kier molecular flexibility index (Phi) is 4.07. The van der Waals surface area contributed by atoms with E-state index in [-0.39, 0.29) is 6.04 Å². The Labute approximate surface area is 126 Å². The average Bonchev–Trinajstić information content (AvgIpc) is 2.91. The van der Waals surface area contributed by atoms with Crippen LogP contribution in [0.15, 0.2) is 60.8 Å². The Morgan fingerprint density at radius 3 is 2.57 bits per heavy atom. The smallest absolute Gasteiger partial charge is 0.0486 e. The minimum Gasteiger partial charge on any atom is -0.343 e. The van der Waals surface area contributed by atoms with E-state index in [1.165, 1.54) is 22.0 Å². The molecule has 2 heteroatoms. The van der Waals surface area contributed by atoms with Gasteiger partial charge in [-0.05, 0) is 41.5 Å². The second kappa shape index (κ2) is 6.15. The first kappa shape index (κ1) is 13.9. The highest BCUT2D eigenvalue weighted by molar-refractivity contribution is 5.81. The summed E-state index contributed by atoms with van der Waals surface area (Å²) in [6.07, 6.45) is 4.13. The SMILES string of the molecule is CCC(N)Cc1ccc2ccn(Cc3ccccc3)c2c1. The fourth-order valence-electron chi connectivity index (χ4n) is 2.72. The molecule has 108 valence electrons. The van der Waals surface area contributed by atoms with Crippen LogP contribution in [0, 0.1) is 0 Å². The van der Waals surface area contributed by atoms with Crippen LogP contribution in [0.2, 0.25) is 0 Å². The second-order valence-electron chi connectivity index (χ2n) is 5.69. The lowest BCUT2D eigenvalue weighted by Crippen LogP contribution is -2.21. The summed E-state index contributed by atoms with van der Waals surface area (Å²) in [4.78, 5) is 0. The molecule has 1 atom stereocenters. The second-order valence-corrected chi connectivity index (χ2v) is 5.69. The molecule has 0 aliphatic rings. The molecule has 2 N–H and O–H groups in total. The molecule has 2 nitrogen and oxygen atoms in total. The number of fused-ring (bicyclic) bond motifs is 1. The largest absolute Gasteiger partial charge is 0.343 e.